The minimum absolute atomic E-state index is 0.188. The molecule has 0 bridgehead atoms. The highest BCUT2D eigenvalue weighted by Gasteiger charge is 2.22. The molecule has 1 fully saturated rings. The number of ether oxygens (including phenoxy) is 2. The summed E-state index contributed by atoms with van der Waals surface area (Å²) in [6.07, 6.45) is 3.33. The number of methoxy groups -OCH3 is 1. The molecule has 1 aromatic heterocycles. The third-order valence-corrected chi connectivity index (χ3v) is 4.02. The van der Waals surface area contributed by atoms with Gasteiger partial charge in [-0.1, -0.05) is 18.2 Å². The molecular weight excluding hydrogens is 320 g/mol. The molecule has 0 saturated carbocycles. The topological polar surface area (TPSA) is 60.8 Å². The van der Waals surface area contributed by atoms with Crippen LogP contribution in [0.3, 0.4) is 0 Å². The zero-order chi connectivity index (χ0) is 17.6. The Morgan fingerprint density at radius 3 is 2.48 bits per heavy atom. The van der Waals surface area contributed by atoms with Crippen LogP contribution in [0.4, 0.5) is 0 Å². The van der Waals surface area contributed by atoms with Gasteiger partial charge in [-0.15, -0.1) is 0 Å². The van der Waals surface area contributed by atoms with Gasteiger partial charge in [0.05, 0.1) is 20.3 Å². The molecule has 0 N–H and O–H groups in total. The molecule has 3 rings (SSSR count). The van der Waals surface area contributed by atoms with Crippen LogP contribution < -0.4 is 10.3 Å². The van der Waals surface area contributed by atoms with Gasteiger partial charge in [-0.3, -0.25) is 14.2 Å². The highest BCUT2D eigenvalue weighted by Crippen LogP contribution is 2.17. The average Bonchev–Trinajstić information content (AvgIpc) is 2.67. The number of benzene rings is 1. The summed E-state index contributed by atoms with van der Waals surface area (Å²) in [5, 5.41) is 0. The lowest BCUT2D eigenvalue weighted by Crippen LogP contribution is -2.42. The Bertz CT molecular complexity index is 818. The fourth-order valence-corrected chi connectivity index (χ4v) is 2.65. The normalized spacial score (nSPS) is 15.1. The Labute approximate surface area is 145 Å². The molecule has 0 spiro atoms. The Hall–Kier alpha value is -2.86. The van der Waals surface area contributed by atoms with Gasteiger partial charge in [0, 0.05) is 25.4 Å². The summed E-state index contributed by atoms with van der Waals surface area (Å²) in [4.78, 5) is 26.9. The van der Waals surface area contributed by atoms with Crippen molar-refractivity contribution in [3.8, 4) is 5.75 Å². The molecule has 0 unspecified atom stereocenters. The zero-order valence-corrected chi connectivity index (χ0v) is 14.1. The highest BCUT2D eigenvalue weighted by molar-refractivity contribution is 6.18. The zero-order valence-electron chi connectivity index (χ0n) is 14.1. The van der Waals surface area contributed by atoms with Crippen LogP contribution in [-0.4, -0.2) is 48.8 Å². The molecule has 1 aliphatic rings. The maximum Gasteiger partial charge on any atom is 0.271 e. The number of hydrogen-bond donors (Lipinski definition) is 0. The number of hydrogen-bond acceptors (Lipinski definition) is 4. The predicted molar refractivity (Wildman–Crippen MR) is 95.3 cm³/mol. The van der Waals surface area contributed by atoms with E-state index < -0.39 is 0 Å². The van der Waals surface area contributed by atoms with Gasteiger partial charge in [-0.2, -0.15) is 0 Å². The lowest BCUT2D eigenvalue weighted by molar-refractivity contribution is -0.129. The van der Waals surface area contributed by atoms with Crippen LogP contribution in [0.5, 0.6) is 5.75 Å². The van der Waals surface area contributed by atoms with Crippen LogP contribution in [0.15, 0.2) is 53.5 Å². The van der Waals surface area contributed by atoms with Crippen molar-refractivity contribution in [2.75, 3.05) is 33.4 Å². The van der Waals surface area contributed by atoms with Crippen molar-refractivity contribution in [1.29, 1.82) is 0 Å². The molecule has 2 heterocycles. The van der Waals surface area contributed by atoms with Crippen molar-refractivity contribution >= 4 is 17.7 Å². The van der Waals surface area contributed by atoms with E-state index in [4.69, 9.17) is 9.47 Å². The molecule has 1 saturated heterocycles. The Kier molecular flexibility index (Phi) is 5.30. The summed E-state index contributed by atoms with van der Waals surface area (Å²) in [7, 11) is 1.60. The number of aromatic nitrogens is 1. The van der Waals surface area contributed by atoms with E-state index >= 15 is 0 Å². The van der Waals surface area contributed by atoms with E-state index in [2.05, 4.69) is 0 Å². The molecule has 2 aromatic rings. The van der Waals surface area contributed by atoms with Crippen LogP contribution in [0, 0.1) is 0 Å². The van der Waals surface area contributed by atoms with Crippen LogP contribution in [-0.2, 0) is 9.53 Å². The second-order valence-corrected chi connectivity index (χ2v) is 5.62. The minimum Gasteiger partial charge on any atom is -0.497 e. The van der Waals surface area contributed by atoms with Gasteiger partial charge in [0.15, 0.2) is 0 Å². The van der Waals surface area contributed by atoms with Crippen molar-refractivity contribution in [1.82, 2.24) is 9.47 Å². The number of carbonyl (C=O) groups is 1. The molecule has 25 heavy (non-hydrogen) atoms. The fraction of sp³-hybridized carbons (Fsp3) is 0.263. The third-order valence-electron chi connectivity index (χ3n) is 4.02. The van der Waals surface area contributed by atoms with Crippen molar-refractivity contribution < 1.29 is 14.3 Å². The van der Waals surface area contributed by atoms with Gasteiger partial charge in [0.1, 0.15) is 11.4 Å². The molecule has 1 amide bonds. The van der Waals surface area contributed by atoms with Crippen LogP contribution in [0.1, 0.15) is 5.56 Å². The smallest absolute Gasteiger partial charge is 0.271 e. The molecule has 0 aliphatic carbocycles. The van der Waals surface area contributed by atoms with E-state index in [-0.39, 0.29) is 11.5 Å². The maximum atomic E-state index is 13.0. The van der Waals surface area contributed by atoms with E-state index in [1.165, 1.54) is 10.6 Å². The third kappa shape index (κ3) is 3.97. The van der Waals surface area contributed by atoms with E-state index in [1.54, 1.807) is 36.4 Å². The first-order valence-corrected chi connectivity index (χ1v) is 8.10. The van der Waals surface area contributed by atoms with Crippen molar-refractivity contribution in [3.05, 3.63) is 64.6 Å². The molecule has 130 valence electrons. The first-order valence-electron chi connectivity index (χ1n) is 8.10. The monoisotopic (exact) mass is 340 g/mol. The summed E-state index contributed by atoms with van der Waals surface area (Å²) in [5.41, 5.74) is 0.884. The first kappa shape index (κ1) is 17.0. The molecule has 1 aliphatic heterocycles. The van der Waals surface area contributed by atoms with Gasteiger partial charge in [-0.25, -0.2) is 0 Å². The van der Waals surface area contributed by atoms with Crippen LogP contribution in [0.25, 0.3) is 11.8 Å². The average molecular weight is 340 g/mol. The van der Waals surface area contributed by atoms with Crippen molar-refractivity contribution in [3.63, 3.8) is 0 Å². The van der Waals surface area contributed by atoms with Crippen molar-refractivity contribution in [2.45, 2.75) is 0 Å². The van der Waals surface area contributed by atoms with E-state index in [1.807, 2.05) is 24.3 Å². The maximum absolute atomic E-state index is 13.0. The van der Waals surface area contributed by atoms with E-state index in [0.717, 1.165) is 11.3 Å². The number of nitrogens with zero attached hydrogens (tertiary/aromatic N) is 2. The molecule has 6 heteroatoms. The second kappa shape index (κ2) is 7.81. The number of pyridine rings is 1. The van der Waals surface area contributed by atoms with E-state index in [0.29, 0.717) is 32.0 Å². The van der Waals surface area contributed by atoms with E-state index in [9.17, 15) is 9.59 Å². The summed E-state index contributed by atoms with van der Waals surface area (Å²) >= 11 is 0. The largest absolute Gasteiger partial charge is 0.497 e. The fourth-order valence-electron chi connectivity index (χ4n) is 2.65. The SMILES string of the molecule is COc1ccc(/C=C(\C(=O)N2CCOCC2)n2ccccc2=O)cc1. The summed E-state index contributed by atoms with van der Waals surface area (Å²) in [5.74, 6) is 0.544. The Morgan fingerprint density at radius 2 is 1.84 bits per heavy atom. The molecular formula is C19H20N2O4. The predicted octanol–water partition coefficient (Wildman–Crippen LogP) is 1.71. The number of morpholine rings is 1. The van der Waals surface area contributed by atoms with Gasteiger partial charge >= 0.3 is 0 Å². The van der Waals surface area contributed by atoms with Gasteiger partial charge in [-0.05, 0) is 29.8 Å². The standard InChI is InChI=1S/C19H20N2O4/c1-24-16-7-5-15(6-8-16)14-17(21-9-3-2-4-18(21)22)19(23)20-10-12-25-13-11-20/h2-9,14H,10-13H2,1H3/b17-14+. The van der Waals surface area contributed by atoms with Gasteiger partial charge in [0.25, 0.3) is 11.5 Å². The summed E-state index contributed by atoms with van der Waals surface area (Å²) in [6, 6.07) is 12.2. The molecule has 1 aromatic carbocycles. The minimum atomic E-state index is -0.246. The summed E-state index contributed by atoms with van der Waals surface area (Å²) < 4.78 is 11.8. The summed E-state index contributed by atoms with van der Waals surface area (Å²) in [6.45, 7) is 2.04. The molecule has 0 radical (unpaired) electrons. The van der Waals surface area contributed by atoms with Crippen LogP contribution in [0.2, 0.25) is 0 Å². The van der Waals surface area contributed by atoms with Crippen LogP contribution >= 0.6 is 0 Å². The second-order valence-electron chi connectivity index (χ2n) is 5.62. The lowest BCUT2D eigenvalue weighted by Gasteiger charge is -2.28. The Balaban J connectivity index is 2.01. The quantitative estimate of drug-likeness (QED) is 0.795. The van der Waals surface area contributed by atoms with Crippen molar-refractivity contribution in [2.24, 2.45) is 0 Å². The highest BCUT2D eigenvalue weighted by atomic mass is 16.5. The van der Waals surface area contributed by atoms with Gasteiger partial charge < -0.3 is 14.4 Å². The Morgan fingerprint density at radius 1 is 1.12 bits per heavy atom. The molecule has 0 atom stereocenters. The molecule has 6 nitrogen and oxygen atoms in total. The number of rotatable bonds is 4. The first-order chi connectivity index (χ1) is 12.2. The lowest BCUT2D eigenvalue weighted by atomic mass is 10.1. The number of carbonyl (C=O) groups excluding carboxylic acids is 1. The van der Waals surface area contributed by atoms with Gasteiger partial charge in [0.2, 0.25) is 0 Å². The number of amides is 1.